The molecule has 0 saturated carbocycles. The number of thiophene rings is 1. The van der Waals surface area contributed by atoms with E-state index in [0.29, 0.717) is 35.3 Å². The minimum absolute atomic E-state index is 0.0303. The first-order chi connectivity index (χ1) is 25.5. The van der Waals surface area contributed by atoms with Crippen LogP contribution in [0.25, 0.3) is 0 Å². The van der Waals surface area contributed by atoms with Crippen molar-refractivity contribution < 1.29 is 60.1 Å². The van der Waals surface area contributed by atoms with Crippen LogP contribution in [0.3, 0.4) is 0 Å². The van der Waals surface area contributed by atoms with Crippen molar-refractivity contribution in [1.29, 1.82) is 0 Å². The lowest BCUT2D eigenvalue weighted by Gasteiger charge is -2.50. The number of alkyl halides is 6. The summed E-state index contributed by atoms with van der Waals surface area (Å²) >= 11 is 0.365. The molecule has 4 heterocycles. The molecule has 0 radical (unpaired) electrons. The Labute approximate surface area is 309 Å². The van der Waals surface area contributed by atoms with Crippen molar-refractivity contribution in [2.75, 3.05) is 50.8 Å². The minimum Gasteiger partial charge on any atom is -0.482 e. The number of piperazine rings is 1. The molecule has 0 spiro atoms. The van der Waals surface area contributed by atoms with Gasteiger partial charge in [-0.1, -0.05) is 25.5 Å². The van der Waals surface area contributed by atoms with E-state index in [4.69, 9.17) is 14.6 Å². The SMILES string of the molecule is CCC[C@H]1N(C(=O)c2cnccc2C(F)(F)F)CCC[C@@]1(Oc1csc(C(F)(F)F)c1)C(=O)N1CCN(c2ccccc2OCC(=O)NCC(=O)O)CC1. The Morgan fingerprint density at radius 3 is 2.39 bits per heavy atom. The number of carboxylic acid groups (broad SMARTS) is 1. The lowest BCUT2D eigenvalue weighted by Crippen LogP contribution is -2.69. The standard InChI is InChI=1S/C35H37F6N5O7S/c1-2-6-27-33(53-22-17-28(54-21-22)35(39,40)41,10-5-12-46(27)31(50)23-18-42-11-9-24(23)34(36,37)38)32(51)45-15-13-44(14-16-45)25-7-3-4-8-26(25)52-20-29(47)43-19-30(48)49/h3-4,7-9,11,17-18,21,27H,2,5-6,10,12-16,19-20H2,1H3,(H,43,47)(H,48,49)/t27-,33+/m1/s1. The second-order valence-corrected chi connectivity index (χ2v) is 13.6. The number of ether oxygens (including phenoxy) is 2. The summed E-state index contributed by atoms with van der Waals surface area (Å²) in [6.45, 7) is 1.31. The summed E-state index contributed by atoms with van der Waals surface area (Å²) < 4.78 is 95.0. The van der Waals surface area contributed by atoms with Crippen LogP contribution in [-0.2, 0) is 26.7 Å². The highest BCUT2D eigenvalue weighted by molar-refractivity contribution is 7.10. The molecule has 2 atom stereocenters. The molecule has 19 heteroatoms. The summed E-state index contributed by atoms with van der Waals surface area (Å²) in [5.41, 5.74) is -3.32. The number of hydrogen-bond acceptors (Lipinski definition) is 9. The summed E-state index contributed by atoms with van der Waals surface area (Å²) in [7, 11) is 0. The van der Waals surface area contributed by atoms with Gasteiger partial charge in [-0.05, 0) is 31.0 Å². The Hall–Kier alpha value is -5.07. The normalized spacial score (nSPS) is 19.3. The minimum atomic E-state index is -4.89. The fourth-order valence-corrected chi connectivity index (χ4v) is 7.41. The third-order valence-electron chi connectivity index (χ3n) is 9.13. The number of amides is 3. The summed E-state index contributed by atoms with van der Waals surface area (Å²) in [5, 5.41) is 12.1. The number of likely N-dealkylation sites (tertiary alicyclic amines) is 1. The van der Waals surface area contributed by atoms with Crippen LogP contribution in [0.1, 0.15) is 53.4 Å². The van der Waals surface area contributed by atoms with Gasteiger partial charge >= 0.3 is 18.3 Å². The van der Waals surface area contributed by atoms with Crippen LogP contribution in [0, 0.1) is 0 Å². The predicted molar refractivity (Wildman–Crippen MR) is 182 cm³/mol. The van der Waals surface area contributed by atoms with Gasteiger partial charge in [-0.3, -0.25) is 24.2 Å². The summed E-state index contributed by atoms with van der Waals surface area (Å²) in [5.74, 6) is -3.47. The number of halogens is 6. The van der Waals surface area contributed by atoms with E-state index in [1.54, 1.807) is 31.2 Å². The predicted octanol–water partition coefficient (Wildman–Crippen LogP) is 5.33. The molecule has 292 valence electrons. The Kier molecular flexibility index (Phi) is 12.3. The number of anilines is 1. The van der Waals surface area contributed by atoms with Crippen LogP contribution in [0.15, 0.2) is 54.2 Å². The Balaban J connectivity index is 1.44. The topological polar surface area (TPSA) is 142 Å². The lowest BCUT2D eigenvalue weighted by molar-refractivity contribution is -0.159. The Bertz CT molecular complexity index is 1830. The van der Waals surface area contributed by atoms with Gasteiger partial charge in [0.1, 0.15) is 22.9 Å². The van der Waals surface area contributed by atoms with Gasteiger partial charge in [0, 0.05) is 63.0 Å². The van der Waals surface area contributed by atoms with Crippen molar-refractivity contribution >= 4 is 40.7 Å². The van der Waals surface area contributed by atoms with Crippen molar-refractivity contribution in [1.82, 2.24) is 20.1 Å². The van der Waals surface area contributed by atoms with Crippen LogP contribution >= 0.6 is 11.3 Å². The lowest BCUT2D eigenvalue weighted by atomic mass is 9.79. The number of nitrogens with zero attached hydrogens (tertiary/aromatic N) is 4. The molecule has 2 aliphatic heterocycles. The van der Waals surface area contributed by atoms with Gasteiger partial charge in [0.05, 0.1) is 22.9 Å². The van der Waals surface area contributed by atoms with Gasteiger partial charge in [0.2, 0.25) is 5.60 Å². The number of nitrogens with one attached hydrogen (secondary N) is 1. The van der Waals surface area contributed by atoms with Crippen LogP contribution < -0.4 is 19.7 Å². The molecular formula is C35H37F6N5O7S. The summed E-state index contributed by atoms with van der Waals surface area (Å²) in [4.78, 5) is 58.9. The molecular weight excluding hydrogens is 748 g/mol. The molecule has 12 nitrogen and oxygen atoms in total. The Morgan fingerprint density at radius 2 is 1.74 bits per heavy atom. The maximum Gasteiger partial charge on any atom is 0.425 e. The molecule has 0 unspecified atom stereocenters. The average Bonchev–Trinajstić information content (AvgIpc) is 3.62. The second kappa shape index (κ2) is 16.5. The number of aromatic nitrogens is 1. The van der Waals surface area contributed by atoms with E-state index in [2.05, 4.69) is 10.3 Å². The van der Waals surface area contributed by atoms with Crippen LogP contribution in [0.2, 0.25) is 0 Å². The van der Waals surface area contributed by atoms with E-state index in [9.17, 15) is 45.5 Å². The molecule has 2 aromatic heterocycles. The molecule has 0 bridgehead atoms. The van der Waals surface area contributed by atoms with Crippen molar-refractivity contribution in [2.45, 2.75) is 56.6 Å². The van der Waals surface area contributed by atoms with Gasteiger partial charge in [-0.15, -0.1) is 11.3 Å². The zero-order valence-electron chi connectivity index (χ0n) is 28.9. The first-order valence-electron chi connectivity index (χ1n) is 17.0. The van der Waals surface area contributed by atoms with E-state index in [1.165, 1.54) is 4.90 Å². The van der Waals surface area contributed by atoms with E-state index in [0.717, 1.165) is 28.7 Å². The molecule has 0 aliphatic carbocycles. The zero-order chi connectivity index (χ0) is 39.3. The molecule has 5 rings (SSSR count). The molecule has 2 saturated heterocycles. The number of carbonyl (C=O) groups excluding carboxylic acids is 3. The van der Waals surface area contributed by atoms with Crippen molar-refractivity contribution in [3.8, 4) is 11.5 Å². The van der Waals surface area contributed by atoms with Gasteiger partial charge in [-0.2, -0.15) is 26.3 Å². The van der Waals surface area contributed by atoms with Gasteiger partial charge in [-0.25, -0.2) is 0 Å². The number of pyridine rings is 1. The number of carboxylic acids is 1. The van der Waals surface area contributed by atoms with E-state index >= 15 is 0 Å². The van der Waals surface area contributed by atoms with Crippen molar-refractivity contribution in [3.63, 3.8) is 0 Å². The van der Waals surface area contributed by atoms with E-state index in [-0.39, 0.29) is 57.7 Å². The highest BCUT2D eigenvalue weighted by Crippen LogP contribution is 2.43. The first kappa shape index (κ1) is 40.1. The zero-order valence-corrected chi connectivity index (χ0v) is 29.7. The molecule has 54 heavy (non-hydrogen) atoms. The number of aliphatic carboxylic acids is 1. The van der Waals surface area contributed by atoms with Crippen molar-refractivity contribution in [2.24, 2.45) is 0 Å². The molecule has 3 amide bonds. The third-order valence-corrected chi connectivity index (χ3v) is 10.1. The van der Waals surface area contributed by atoms with E-state index < -0.39 is 76.8 Å². The highest BCUT2D eigenvalue weighted by Gasteiger charge is 2.56. The number of benzene rings is 1. The number of carbonyl (C=O) groups is 4. The smallest absolute Gasteiger partial charge is 0.425 e. The van der Waals surface area contributed by atoms with Crippen LogP contribution in [-0.4, -0.2) is 101 Å². The van der Waals surface area contributed by atoms with Gasteiger partial charge < -0.3 is 34.6 Å². The number of hydrogen-bond donors (Lipinski definition) is 2. The van der Waals surface area contributed by atoms with E-state index in [1.807, 2.05) is 4.90 Å². The first-order valence-corrected chi connectivity index (χ1v) is 17.8. The number of piperidine rings is 1. The Morgan fingerprint density at radius 1 is 1.02 bits per heavy atom. The molecule has 1 aromatic carbocycles. The average molecular weight is 786 g/mol. The summed E-state index contributed by atoms with van der Waals surface area (Å²) in [6, 6.07) is 7.05. The quantitative estimate of drug-likeness (QED) is 0.233. The van der Waals surface area contributed by atoms with Gasteiger partial charge in [0.15, 0.2) is 6.61 Å². The molecule has 3 aromatic rings. The maximum atomic E-state index is 14.8. The fraction of sp³-hybridized carbons (Fsp3) is 0.457. The molecule has 2 aliphatic rings. The fourth-order valence-electron chi connectivity index (χ4n) is 6.73. The number of para-hydroxylation sites is 2. The molecule has 2 fully saturated rings. The second-order valence-electron chi connectivity index (χ2n) is 12.7. The number of rotatable bonds is 12. The van der Waals surface area contributed by atoms with Crippen LogP contribution in [0.5, 0.6) is 11.5 Å². The third kappa shape index (κ3) is 8.99. The van der Waals surface area contributed by atoms with Crippen LogP contribution in [0.4, 0.5) is 32.0 Å². The van der Waals surface area contributed by atoms with Gasteiger partial charge in [0.25, 0.3) is 17.7 Å². The maximum absolute atomic E-state index is 14.8. The largest absolute Gasteiger partial charge is 0.482 e. The summed E-state index contributed by atoms with van der Waals surface area (Å²) in [6.07, 6.45) is -7.37. The highest BCUT2D eigenvalue weighted by atomic mass is 32.1. The van der Waals surface area contributed by atoms with Crippen molar-refractivity contribution in [3.05, 3.63) is 70.2 Å². The monoisotopic (exact) mass is 785 g/mol. The molecule has 2 N–H and O–H groups in total.